The van der Waals surface area contributed by atoms with E-state index in [0.717, 1.165) is 11.1 Å². The van der Waals surface area contributed by atoms with Gasteiger partial charge in [-0.05, 0) is 70.1 Å². The average molecular weight is 482 g/mol. The van der Waals surface area contributed by atoms with Crippen LogP contribution < -0.4 is 5.73 Å². The van der Waals surface area contributed by atoms with Crippen LogP contribution in [0.25, 0.3) is 11.8 Å². The Labute approximate surface area is 203 Å². The van der Waals surface area contributed by atoms with Crippen LogP contribution in [-0.4, -0.2) is 83.4 Å². The van der Waals surface area contributed by atoms with Crippen LogP contribution in [0, 0.1) is 17.8 Å². The zero-order chi connectivity index (χ0) is 25.8. The molecule has 0 spiro atoms. The molecule has 9 heteroatoms. The smallest absolute Gasteiger partial charge is 0.255 e. The van der Waals surface area contributed by atoms with Crippen LogP contribution in [-0.2, 0) is 20.8 Å². The molecule has 0 bridgehead atoms. The second kappa shape index (κ2) is 8.98. The number of benzene rings is 1. The number of allylic oxidation sites excluding steroid dienone is 1. The van der Waals surface area contributed by atoms with Gasteiger partial charge in [-0.25, -0.2) is 0 Å². The van der Waals surface area contributed by atoms with E-state index in [1.54, 1.807) is 25.1 Å². The lowest BCUT2D eigenvalue weighted by molar-refractivity contribution is -0.136. The van der Waals surface area contributed by atoms with E-state index in [9.17, 15) is 29.7 Å². The van der Waals surface area contributed by atoms with Crippen molar-refractivity contribution in [1.82, 2.24) is 9.80 Å². The Bertz CT molecular complexity index is 1210. The van der Waals surface area contributed by atoms with Crippen molar-refractivity contribution in [1.29, 1.82) is 0 Å². The Hall–Kier alpha value is -3.43. The lowest BCUT2D eigenvalue weighted by atomic mass is 9.59. The molecule has 0 saturated heterocycles. The van der Waals surface area contributed by atoms with Gasteiger partial charge < -0.3 is 26.0 Å². The van der Waals surface area contributed by atoms with Crippen molar-refractivity contribution in [2.75, 3.05) is 34.7 Å². The van der Waals surface area contributed by atoms with E-state index in [-0.39, 0.29) is 22.6 Å². The van der Waals surface area contributed by atoms with E-state index >= 15 is 0 Å². The highest BCUT2D eigenvalue weighted by Gasteiger charge is 2.55. The minimum absolute atomic E-state index is 0.0829. The molecule has 0 aliphatic heterocycles. The molecule has 0 heterocycles. The molecule has 0 aromatic heterocycles. The lowest BCUT2D eigenvalue weighted by Gasteiger charge is -2.46. The molecular weight excluding hydrogens is 450 g/mol. The maximum Gasteiger partial charge on any atom is 0.255 e. The molecule has 3 aliphatic carbocycles. The summed E-state index contributed by atoms with van der Waals surface area (Å²) < 4.78 is 0. The van der Waals surface area contributed by atoms with E-state index in [1.165, 1.54) is 6.07 Å². The van der Waals surface area contributed by atoms with Crippen LogP contribution in [0.2, 0.25) is 0 Å². The van der Waals surface area contributed by atoms with Crippen LogP contribution in [0.15, 0.2) is 35.1 Å². The Morgan fingerprint density at radius 1 is 1.11 bits per heavy atom. The number of aliphatic hydroxyl groups excluding tert-OH is 2. The fourth-order valence-electron chi connectivity index (χ4n) is 5.84. The number of Topliss-reactive ketones (excluding diaryl/α,β-unsaturated/α-hetero) is 2. The second-order valence-corrected chi connectivity index (χ2v) is 9.99. The average Bonchev–Trinajstić information content (AvgIpc) is 2.74. The zero-order valence-electron chi connectivity index (χ0n) is 20.3. The van der Waals surface area contributed by atoms with E-state index in [1.807, 2.05) is 31.1 Å². The number of hydrogen-bond acceptors (Lipinski definition) is 8. The normalized spacial score (nSPS) is 26.5. The number of amides is 1. The number of aromatic hydroxyl groups is 1. The highest BCUT2D eigenvalue weighted by molar-refractivity contribution is 6.28. The molecule has 5 N–H and O–H groups in total. The molecule has 0 radical (unpaired) electrons. The van der Waals surface area contributed by atoms with Crippen molar-refractivity contribution in [3.05, 3.63) is 51.8 Å². The number of phenols is 1. The number of aliphatic hydroxyl groups is 2. The third-order valence-corrected chi connectivity index (χ3v) is 7.25. The summed E-state index contributed by atoms with van der Waals surface area (Å²) in [4.78, 5) is 42.5. The number of nitrogens with zero attached hydrogens (tertiary/aromatic N) is 2. The van der Waals surface area contributed by atoms with Crippen LogP contribution in [0.4, 0.5) is 0 Å². The third kappa shape index (κ3) is 3.94. The van der Waals surface area contributed by atoms with Crippen molar-refractivity contribution in [3.8, 4) is 5.75 Å². The topological polar surface area (TPSA) is 144 Å². The minimum Gasteiger partial charge on any atom is -0.510 e. The fraction of sp³-hybridized carbons (Fsp3) is 0.423. The molecule has 186 valence electrons. The maximum absolute atomic E-state index is 13.7. The molecule has 1 aromatic rings. The molecule has 4 atom stereocenters. The van der Waals surface area contributed by atoms with Gasteiger partial charge in [-0.15, -0.1) is 0 Å². The second-order valence-electron chi connectivity index (χ2n) is 9.99. The van der Waals surface area contributed by atoms with Gasteiger partial charge in [0, 0.05) is 12.1 Å². The van der Waals surface area contributed by atoms with Gasteiger partial charge in [0.2, 0.25) is 0 Å². The quantitative estimate of drug-likeness (QED) is 0.365. The standard InChI is InChI=1S/C26H31N3O6/c1-28(2)9-5-6-12-7-8-16(30)18-14(12)10-13-11-15-19(23(32)17(13)22(18)31)24(33)20(26(27)35)25(34)21(15)29(3)4/h5-8,13,15,19,21,30-31,34H,9-11H2,1-4H3,(H2,27,35)/b6-5+. The van der Waals surface area contributed by atoms with Gasteiger partial charge in [0.25, 0.3) is 5.91 Å². The number of ketones is 2. The zero-order valence-corrected chi connectivity index (χ0v) is 20.3. The van der Waals surface area contributed by atoms with Gasteiger partial charge in [-0.2, -0.15) is 0 Å². The maximum atomic E-state index is 13.7. The van der Waals surface area contributed by atoms with Crippen LogP contribution >= 0.6 is 0 Å². The molecular formula is C26H31N3O6. The number of likely N-dealkylation sites (N-methyl/N-ethyl adjacent to an activating group) is 2. The molecule has 9 nitrogen and oxygen atoms in total. The van der Waals surface area contributed by atoms with Crippen LogP contribution in [0.3, 0.4) is 0 Å². The van der Waals surface area contributed by atoms with Crippen molar-refractivity contribution in [2.45, 2.75) is 18.9 Å². The largest absolute Gasteiger partial charge is 0.510 e. The molecule has 1 amide bonds. The monoisotopic (exact) mass is 481 g/mol. The van der Waals surface area contributed by atoms with Gasteiger partial charge in [0.1, 0.15) is 22.8 Å². The summed E-state index contributed by atoms with van der Waals surface area (Å²) in [6.07, 6.45) is 4.60. The van der Waals surface area contributed by atoms with E-state index in [4.69, 9.17) is 5.73 Å². The fourth-order valence-corrected chi connectivity index (χ4v) is 5.84. The molecule has 1 fully saturated rings. The molecule has 4 rings (SSSR count). The number of primary amides is 1. The van der Waals surface area contributed by atoms with E-state index in [0.29, 0.717) is 19.4 Å². The first kappa shape index (κ1) is 24.7. The number of carbonyl (C=O) groups is 3. The number of phenolic OH excluding ortho intramolecular Hbond substituents is 1. The van der Waals surface area contributed by atoms with Crippen molar-refractivity contribution in [2.24, 2.45) is 23.5 Å². The number of fused-ring (bicyclic) bond motifs is 3. The summed E-state index contributed by atoms with van der Waals surface area (Å²) in [5.74, 6) is -5.68. The SMILES string of the molecule is CN(C)C/C=C/c1ccc(O)c2c1CC1CC3C(C(=O)C(C(N)=O)=C(O)C3N(C)C)C(=O)C1=C2O. The van der Waals surface area contributed by atoms with Gasteiger partial charge in [-0.3, -0.25) is 19.3 Å². The minimum atomic E-state index is -1.25. The summed E-state index contributed by atoms with van der Waals surface area (Å²) in [5, 5.41) is 32.6. The Morgan fingerprint density at radius 3 is 2.40 bits per heavy atom. The van der Waals surface area contributed by atoms with E-state index in [2.05, 4.69) is 0 Å². The molecule has 35 heavy (non-hydrogen) atoms. The van der Waals surface area contributed by atoms with Gasteiger partial charge in [-0.1, -0.05) is 18.2 Å². The Morgan fingerprint density at radius 2 is 1.80 bits per heavy atom. The molecule has 4 unspecified atom stereocenters. The van der Waals surface area contributed by atoms with Gasteiger partial charge in [0.05, 0.1) is 17.5 Å². The number of nitrogens with two attached hydrogens (primary N) is 1. The van der Waals surface area contributed by atoms with Crippen LogP contribution in [0.1, 0.15) is 23.1 Å². The number of hydrogen-bond donors (Lipinski definition) is 4. The van der Waals surface area contributed by atoms with Crippen molar-refractivity contribution < 1.29 is 29.7 Å². The Balaban J connectivity index is 1.85. The Kier molecular flexibility index (Phi) is 6.33. The highest BCUT2D eigenvalue weighted by atomic mass is 16.3. The molecule has 1 saturated carbocycles. The van der Waals surface area contributed by atoms with Crippen molar-refractivity contribution >= 4 is 29.3 Å². The molecule has 1 aromatic carbocycles. The predicted octanol–water partition coefficient (Wildman–Crippen LogP) is 1.42. The third-order valence-electron chi connectivity index (χ3n) is 7.25. The number of rotatable bonds is 5. The summed E-state index contributed by atoms with van der Waals surface area (Å²) in [6.45, 7) is 0.703. The van der Waals surface area contributed by atoms with Gasteiger partial charge in [0.15, 0.2) is 11.6 Å². The highest BCUT2D eigenvalue weighted by Crippen LogP contribution is 2.50. The summed E-state index contributed by atoms with van der Waals surface area (Å²) in [6, 6.07) is 2.49. The first-order valence-corrected chi connectivity index (χ1v) is 11.5. The lowest BCUT2D eigenvalue weighted by Crippen LogP contribution is -2.55. The first-order valence-electron chi connectivity index (χ1n) is 11.5. The van der Waals surface area contributed by atoms with E-state index < -0.39 is 52.6 Å². The van der Waals surface area contributed by atoms with Gasteiger partial charge >= 0.3 is 0 Å². The first-order chi connectivity index (χ1) is 16.5. The summed E-state index contributed by atoms with van der Waals surface area (Å²) in [7, 11) is 7.28. The number of carbonyl (C=O) groups excluding carboxylic acids is 3. The van der Waals surface area contributed by atoms with Crippen molar-refractivity contribution in [3.63, 3.8) is 0 Å². The molecule has 3 aliphatic rings. The summed E-state index contributed by atoms with van der Waals surface area (Å²) >= 11 is 0. The van der Waals surface area contributed by atoms with Crippen LogP contribution in [0.5, 0.6) is 5.75 Å². The predicted molar refractivity (Wildman–Crippen MR) is 130 cm³/mol. The summed E-state index contributed by atoms with van der Waals surface area (Å²) in [5.41, 5.74) is 6.63.